The van der Waals surface area contributed by atoms with Gasteiger partial charge in [-0.25, -0.2) is 18.0 Å². The van der Waals surface area contributed by atoms with Crippen molar-refractivity contribution in [3.8, 4) is 0 Å². The molecular weight excluding hydrogens is 160 g/mol. The highest BCUT2D eigenvalue weighted by Crippen LogP contribution is 2.17. The summed E-state index contributed by atoms with van der Waals surface area (Å²) in [6.45, 7) is 1.46. The molecule has 1 unspecified atom stereocenters. The van der Waals surface area contributed by atoms with Crippen LogP contribution in [0.15, 0.2) is 16.1 Å². The van der Waals surface area contributed by atoms with Crippen LogP contribution in [0.1, 0.15) is 6.92 Å². The van der Waals surface area contributed by atoms with Gasteiger partial charge in [-0.1, -0.05) is 0 Å². The summed E-state index contributed by atoms with van der Waals surface area (Å²) in [7, 11) is -1.41. The van der Waals surface area contributed by atoms with E-state index in [2.05, 4.69) is 4.99 Å². The van der Waals surface area contributed by atoms with Crippen LogP contribution in [-0.2, 0) is 10.8 Å². The van der Waals surface area contributed by atoms with Crippen LogP contribution in [0.2, 0.25) is 0 Å². The summed E-state index contributed by atoms with van der Waals surface area (Å²) in [6, 6.07) is 0. The van der Waals surface area contributed by atoms with E-state index in [1.165, 1.54) is 6.92 Å². The van der Waals surface area contributed by atoms with Crippen LogP contribution in [0.5, 0.6) is 0 Å². The average Bonchev–Trinajstić information content (AvgIpc) is 2.13. The molecule has 0 amide bonds. The SMILES string of the molecule is CC1=NC(C(F)F)=CS1=O. The summed E-state index contributed by atoms with van der Waals surface area (Å²) in [5.74, 6) is 0. The first-order valence-electron chi connectivity index (χ1n) is 2.57. The largest absolute Gasteiger partial charge is 0.281 e. The number of alkyl halides is 2. The van der Waals surface area contributed by atoms with E-state index < -0.39 is 17.2 Å². The molecule has 1 rings (SSSR count). The number of halogens is 2. The smallest absolute Gasteiger partial charge is 0.248 e. The maximum atomic E-state index is 11.8. The van der Waals surface area contributed by atoms with E-state index in [0.29, 0.717) is 0 Å². The Morgan fingerprint density at radius 1 is 1.70 bits per heavy atom. The number of allylic oxidation sites excluding steroid dienone is 1. The van der Waals surface area contributed by atoms with E-state index in [-0.39, 0.29) is 10.7 Å². The number of rotatable bonds is 1. The molecular formula is C5H5F2NOS. The van der Waals surface area contributed by atoms with Crippen molar-refractivity contribution < 1.29 is 13.0 Å². The van der Waals surface area contributed by atoms with Crippen LogP contribution in [0.25, 0.3) is 0 Å². The molecule has 0 spiro atoms. The normalized spacial score (nSPS) is 25.0. The third-order valence-electron chi connectivity index (χ3n) is 1.03. The average molecular weight is 165 g/mol. The fourth-order valence-electron chi connectivity index (χ4n) is 0.548. The van der Waals surface area contributed by atoms with E-state index in [1.807, 2.05) is 0 Å². The van der Waals surface area contributed by atoms with Crippen molar-refractivity contribution >= 4 is 15.8 Å². The summed E-state index contributed by atoms with van der Waals surface area (Å²) in [4.78, 5) is 3.40. The van der Waals surface area contributed by atoms with Gasteiger partial charge in [0.15, 0.2) is 0 Å². The second kappa shape index (κ2) is 2.57. The zero-order valence-electron chi connectivity index (χ0n) is 5.17. The molecule has 0 fully saturated rings. The monoisotopic (exact) mass is 165 g/mol. The fourth-order valence-corrected chi connectivity index (χ4v) is 1.29. The second-order valence-electron chi connectivity index (χ2n) is 1.77. The highest BCUT2D eigenvalue weighted by Gasteiger charge is 2.18. The topological polar surface area (TPSA) is 29.4 Å². The Morgan fingerprint density at radius 3 is 2.50 bits per heavy atom. The molecule has 5 heteroatoms. The molecule has 1 heterocycles. The molecule has 0 saturated heterocycles. The van der Waals surface area contributed by atoms with Crippen molar-refractivity contribution in [1.82, 2.24) is 0 Å². The number of hydrogen-bond donors (Lipinski definition) is 0. The highest BCUT2D eigenvalue weighted by atomic mass is 32.2. The Hall–Kier alpha value is -0.580. The van der Waals surface area contributed by atoms with Gasteiger partial charge >= 0.3 is 0 Å². The van der Waals surface area contributed by atoms with Crippen LogP contribution < -0.4 is 0 Å². The van der Waals surface area contributed by atoms with Gasteiger partial charge in [0, 0.05) is 5.41 Å². The molecule has 0 radical (unpaired) electrons. The third-order valence-corrected chi connectivity index (χ3v) is 2.16. The fraction of sp³-hybridized carbons (Fsp3) is 0.400. The molecule has 0 N–H and O–H groups in total. The van der Waals surface area contributed by atoms with Crippen LogP contribution in [0.4, 0.5) is 8.78 Å². The van der Waals surface area contributed by atoms with Gasteiger partial charge in [-0.05, 0) is 6.92 Å². The maximum absolute atomic E-state index is 11.8. The van der Waals surface area contributed by atoms with Gasteiger partial charge in [0.25, 0.3) is 6.43 Å². The van der Waals surface area contributed by atoms with Crippen LogP contribution in [0.3, 0.4) is 0 Å². The maximum Gasteiger partial charge on any atom is 0.281 e. The zero-order chi connectivity index (χ0) is 7.72. The van der Waals surface area contributed by atoms with Gasteiger partial charge in [0.2, 0.25) is 0 Å². The zero-order valence-corrected chi connectivity index (χ0v) is 5.99. The van der Waals surface area contributed by atoms with Crippen molar-refractivity contribution in [2.45, 2.75) is 13.3 Å². The van der Waals surface area contributed by atoms with Crippen molar-refractivity contribution in [3.05, 3.63) is 11.1 Å². The first-order valence-corrected chi connectivity index (χ1v) is 3.78. The van der Waals surface area contributed by atoms with Gasteiger partial charge in [-0.2, -0.15) is 0 Å². The first kappa shape index (κ1) is 7.53. The van der Waals surface area contributed by atoms with E-state index in [4.69, 9.17) is 0 Å². The molecule has 0 bridgehead atoms. The number of nitrogens with zero attached hydrogens (tertiary/aromatic N) is 1. The number of aliphatic imine (C=N–C) groups is 1. The molecule has 10 heavy (non-hydrogen) atoms. The molecule has 1 aliphatic heterocycles. The Labute approximate surface area is 59.1 Å². The lowest BCUT2D eigenvalue weighted by Crippen LogP contribution is -1.91. The van der Waals surface area contributed by atoms with Crippen LogP contribution >= 0.6 is 0 Å². The minimum atomic E-state index is -2.61. The molecule has 2 nitrogen and oxygen atoms in total. The summed E-state index contributed by atoms with van der Waals surface area (Å²) >= 11 is 0. The van der Waals surface area contributed by atoms with Gasteiger partial charge in [-0.3, -0.25) is 0 Å². The van der Waals surface area contributed by atoms with Gasteiger partial charge in [0.1, 0.15) is 10.7 Å². The standard InChI is InChI=1S/C5H5F2NOS/c1-3-8-4(5(6)7)2-10(3)9/h2,5H,1H3. The summed E-state index contributed by atoms with van der Waals surface area (Å²) in [5, 5.41) is 1.22. The Balaban J connectivity index is 2.85. The minimum absolute atomic E-state index is 0.246. The first-order chi connectivity index (χ1) is 4.61. The van der Waals surface area contributed by atoms with E-state index in [0.717, 1.165) is 5.41 Å². The Bertz CT molecular complexity index is 234. The third kappa shape index (κ3) is 1.29. The molecule has 0 aromatic heterocycles. The van der Waals surface area contributed by atoms with Crippen molar-refractivity contribution in [2.24, 2.45) is 4.99 Å². The summed E-state index contributed by atoms with van der Waals surface area (Å²) in [5.41, 5.74) is -0.379. The van der Waals surface area contributed by atoms with Crippen molar-refractivity contribution in [3.63, 3.8) is 0 Å². The van der Waals surface area contributed by atoms with E-state index >= 15 is 0 Å². The number of hydrogen-bond acceptors (Lipinski definition) is 2. The molecule has 0 aromatic rings. The Kier molecular flexibility index (Phi) is 1.94. The summed E-state index contributed by atoms with van der Waals surface area (Å²) in [6.07, 6.45) is -2.61. The molecule has 1 aliphatic rings. The predicted octanol–water partition coefficient (Wildman–Crippen LogP) is 1.27. The summed E-state index contributed by atoms with van der Waals surface area (Å²) < 4.78 is 34.2. The van der Waals surface area contributed by atoms with E-state index in [9.17, 15) is 13.0 Å². The minimum Gasteiger partial charge on any atom is -0.248 e. The quantitative estimate of drug-likeness (QED) is 0.575. The van der Waals surface area contributed by atoms with Crippen LogP contribution in [-0.4, -0.2) is 15.7 Å². The Morgan fingerprint density at radius 2 is 2.30 bits per heavy atom. The molecule has 0 saturated carbocycles. The molecule has 56 valence electrons. The molecule has 1 atom stereocenters. The highest BCUT2D eigenvalue weighted by molar-refractivity contribution is 8.03. The predicted molar refractivity (Wildman–Crippen MR) is 35.3 cm³/mol. The van der Waals surface area contributed by atoms with Gasteiger partial charge in [-0.15, -0.1) is 0 Å². The lowest BCUT2D eigenvalue weighted by molar-refractivity contribution is 0.189. The lowest BCUT2D eigenvalue weighted by atomic mass is 10.5. The van der Waals surface area contributed by atoms with Crippen molar-refractivity contribution in [2.75, 3.05) is 0 Å². The molecule has 0 aromatic carbocycles. The van der Waals surface area contributed by atoms with Gasteiger partial charge in [0.05, 0.1) is 10.8 Å². The lowest BCUT2D eigenvalue weighted by Gasteiger charge is -1.90. The van der Waals surface area contributed by atoms with Gasteiger partial charge < -0.3 is 0 Å². The second-order valence-corrected chi connectivity index (χ2v) is 3.19. The van der Waals surface area contributed by atoms with E-state index in [1.54, 1.807) is 0 Å². The van der Waals surface area contributed by atoms with Crippen LogP contribution in [0, 0.1) is 0 Å². The molecule has 0 aliphatic carbocycles. The van der Waals surface area contributed by atoms with Crippen molar-refractivity contribution in [1.29, 1.82) is 0 Å².